The maximum Gasteiger partial charge on any atom is 0.254 e. The highest BCUT2D eigenvalue weighted by molar-refractivity contribution is 5.94. The smallest absolute Gasteiger partial charge is 0.254 e. The van der Waals surface area contributed by atoms with Crippen molar-refractivity contribution in [2.24, 2.45) is 0 Å². The summed E-state index contributed by atoms with van der Waals surface area (Å²) >= 11 is 0. The standard InChI is InChI=1S/C12H14FNO3/c1-16-11-3-2-9(8-10(11)13)12(15)14-4-6-17-7-5-14/h2-3,8H,4-7H2,1H3. The van der Waals surface area contributed by atoms with Crippen molar-refractivity contribution in [3.05, 3.63) is 29.6 Å². The molecule has 0 unspecified atom stereocenters. The van der Waals surface area contributed by atoms with Crippen LogP contribution in [0.5, 0.6) is 5.75 Å². The summed E-state index contributed by atoms with van der Waals surface area (Å²) < 4.78 is 23.4. The topological polar surface area (TPSA) is 38.8 Å². The minimum absolute atomic E-state index is 0.142. The maximum atomic E-state index is 13.5. The molecule has 5 heteroatoms. The third-order valence-corrected chi connectivity index (χ3v) is 2.70. The number of carbonyl (C=O) groups is 1. The first kappa shape index (κ1) is 11.9. The van der Waals surface area contributed by atoms with Gasteiger partial charge in [-0.15, -0.1) is 0 Å². The van der Waals surface area contributed by atoms with Crippen LogP contribution in [0.1, 0.15) is 10.4 Å². The summed E-state index contributed by atoms with van der Waals surface area (Å²) in [7, 11) is 1.39. The van der Waals surface area contributed by atoms with Crippen LogP contribution in [0.4, 0.5) is 4.39 Å². The van der Waals surface area contributed by atoms with Crippen molar-refractivity contribution in [3.8, 4) is 5.75 Å². The van der Waals surface area contributed by atoms with Crippen molar-refractivity contribution >= 4 is 5.91 Å². The summed E-state index contributed by atoms with van der Waals surface area (Å²) in [6.07, 6.45) is 0. The highest BCUT2D eigenvalue weighted by Gasteiger charge is 2.19. The molecule has 0 saturated carbocycles. The van der Waals surface area contributed by atoms with Crippen molar-refractivity contribution in [2.75, 3.05) is 33.4 Å². The molecule has 0 aliphatic carbocycles. The van der Waals surface area contributed by atoms with Crippen molar-refractivity contribution in [1.82, 2.24) is 4.90 Å². The summed E-state index contributed by atoms with van der Waals surface area (Å²) in [5, 5.41) is 0. The van der Waals surface area contributed by atoms with E-state index >= 15 is 0 Å². The lowest BCUT2D eigenvalue weighted by molar-refractivity contribution is 0.0302. The SMILES string of the molecule is COc1ccc(C(=O)N2CCOCC2)cc1F. The van der Waals surface area contributed by atoms with E-state index in [9.17, 15) is 9.18 Å². The second kappa shape index (κ2) is 5.14. The third-order valence-electron chi connectivity index (χ3n) is 2.70. The van der Waals surface area contributed by atoms with E-state index in [1.165, 1.54) is 19.2 Å². The molecule has 4 nitrogen and oxygen atoms in total. The zero-order valence-corrected chi connectivity index (χ0v) is 9.61. The number of rotatable bonds is 2. The van der Waals surface area contributed by atoms with Gasteiger partial charge >= 0.3 is 0 Å². The van der Waals surface area contributed by atoms with Crippen LogP contribution in [-0.4, -0.2) is 44.2 Å². The Bertz CT molecular complexity index is 416. The van der Waals surface area contributed by atoms with E-state index in [1.54, 1.807) is 11.0 Å². The molecule has 0 aromatic heterocycles. The molecule has 92 valence electrons. The van der Waals surface area contributed by atoms with Gasteiger partial charge in [0, 0.05) is 18.7 Å². The van der Waals surface area contributed by atoms with Gasteiger partial charge in [-0.25, -0.2) is 4.39 Å². The second-order valence-corrected chi connectivity index (χ2v) is 3.75. The summed E-state index contributed by atoms with van der Waals surface area (Å²) in [5.74, 6) is -0.551. The monoisotopic (exact) mass is 239 g/mol. The van der Waals surface area contributed by atoms with E-state index in [0.29, 0.717) is 31.9 Å². The molecule has 0 radical (unpaired) electrons. The van der Waals surface area contributed by atoms with Gasteiger partial charge in [-0.05, 0) is 18.2 Å². The van der Waals surface area contributed by atoms with Gasteiger partial charge in [-0.3, -0.25) is 4.79 Å². The molecular weight excluding hydrogens is 225 g/mol. The first-order valence-corrected chi connectivity index (χ1v) is 5.43. The number of ether oxygens (including phenoxy) is 2. The molecular formula is C12H14FNO3. The molecule has 1 fully saturated rings. The van der Waals surface area contributed by atoms with Crippen LogP contribution < -0.4 is 4.74 Å². The van der Waals surface area contributed by atoms with Gasteiger partial charge in [0.15, 0.2) is 11.6 Å². The number of carbonyl (C=O) groups excluding carboxylic acids is 1. The predicted octanol–water partition coefficient (Wildman–Crippen LogP) is 1.31. The predicted molar refractivity (Wildman–Crippen MR) is 59.7 cm³/mol. The molecule has 0 atom stereocenters. The van der Waals surface area contributed by atoms with Crippen molar-refractivity contribution in [3.63, 3.8) is 0 Å². The van der Waals surface area contributed by atoms with E-state index in [2.05, 4.69) is 0 Å². The number of hydrogen-bond donors (Lipinski definition) is 0. The average molecular weight is 239 g/mol. The minimum Gasteiger partial charge on any atom is -0.494 e. The molecule has 0 N–H and O–H groups in total. The fraction of sp³-hybridized carbons (Fsp3) is 0.417. The molecule has 1 heterocycles. The average Bonchev–Trinajstić information content (AvgIpc) is 2.39. The Kier molecular flexibility index (Phi) is 3.58. The fourth-order valence-electron chi connectivity index (χ4n) is 1.75. The van der Waals surface area contributed by atoms with Crippen LogP contribution in [0, 0.1) is 5.82 Å². The molecule has 0 bridgehead atoms. The van der Waals surface area contributed by atoms with Crippen molar-refractivity contribution < 1.29 is 18.7 Å². The van der Waals surface area contributed by atoms with E-state index in [4.69, 9.17) is 9.47 Å². The summed E-state index contributed by atoms with van der Waals surface area (Å²) in [6.45, 7) is 2.16. The van der Waals surface area contributed by atoms with E-state index < -0.39 is 5.82 Å². The molecule has 1 aromatic rings. The van der Waals surface area contributed by atoms with Gasteiger partial charge in [-0.2, -0.15) is 0 Å². The zero-order valence-electron chi connectivity index (χ0n) is 9.61. The molecule has 1 amide bonds. The Morgan fingerprint density at radius 1 is 1.41 bits per heavy atom. The fourth-order valence-corrected chi connectivity index (χ4v) is 1.75. The van der Waals surface area contributed by atoms with Crippen LogP contribution in [0.2, 0.25) is 0 Å². The largest absolute Gasteiger partial charge is 0.494 e. The molecule has 2 rings (SSSR count). The number of halogens is 1. The zero-order chi connectivity index (χ0) is 12.3. The second-order valence-electron chi connectivity index (χ2n) is 3.75. The molecule has 0 spiro atoms. The van der Waals surface area contributed by atoms with Gasteiger partial charge in [-0.1, -0.05) is 0 Å². The number of nitrogens with zero attached hydrogens (tertiary/aromatic N) is 1. The van der Waals surface area contributed by atoms with Gasteiger partial charge < -0.3 is 14.4 Å². The maximum absolute atomic E-state index is 13.5. The number of amides is 1. The van der Waals surface area contributed by atoms with Gasteiger partial charge in [0.25, 0.3) is 5.91 Å². The Morgan fingerprint density at radius 2 is 2.12 bits per heavy atom. The minimum atomic E-state index is -0.522. The lowest BCUT2D eigenvalue weighted by Crippen LogP contribution is -2.40. The van der Waals surface area contributed by atoms with Gasteiger partial charge in [0.2, 0.25) is 0 Å². The quantitative estimate of drug-likeness (QED) is 0.781. The van der Waals surface area contributed by atoms with Gasteiger partial charge in [0.05, 0.1) is 20.3 Å². The summed E-state index contributed by atoms with van der Waals surface area (Å²) in [4.78, 5) is 13.7. The molecule has 1 aliphatic rings. The Labute approximate surface area is 98.9 Å². The molecule has 17 heavy (non-hydrogen) atoms. The van der Waals surface area contributed by atoms with Crippen LogP contribution in [-0.2, 0) is 4.74 Å². The number of methoxy groups -OCH3 is 1. The van der Waals surface area contributed by atoms with E-state index in [1.807, 2.05) is 0 Å². The normalized spacial score (nSPS) is 15.8. The van der Waals surface area contributed by atoms with Crippen LogP contribution >= 0.6 is 0 Å². The summed E-state index contributed by atoms with van der Waals surface area (Å²) in [5.41, 5.74) is 0.338. The van der Waals surface area contributed by atoms with Crippen molar-refractivity contribution in [2.45, 2.75) is 0 Å². The lowest BCUT2D eigenvalue weighted by atomic mass is 10.1. The highest BCUT2D eigenvalue weighted by atomic mass is 19.1. The van der Waals surface area contributed by atoms with Crippen LogP contribution in [0.15, 0.2) is 18.2 Å². The number of benzene rings is 1. The Hall–Kier alpha value is -1.62. The van der Waals surface area contributed by atoms with E-state index in [0.717, 1.165) is 0 Å². The molecule has 1 aliphatic heterocycles. The Morgan fingerprint density at radius 3 is 2.71 bits per heavy atom. The van der Waals surface area contributed by atoms with Gasteiger partial charge in [0.1, 0.15) is 0 Å². The Balaban J connectivity index is 2.16. The first-order chi connectivity index (χ1) is 8.22. The summed E-state index contributed by atoms with van der Waals surface area (Å²) in [6, 6.07) is 4.24. The van der Waals surface area contributed by atoms with E-state index in [-0.39, 0.29) is 11.7 Å². The molecule has 1 saturated heterocycles. The lowest BCUT2D eigenvalue weighted by Gasteiger charge is -2.26. The van der Waals surface area contributed by atoms with Crippen LogP contribution in [0.3, 0.4) is 0 Å². The number of morpholine rings is 1. The van der Waals surface area contributed by atoms with Crippen LogP contribution in [0.25, 0.3) is 0 Å². The first-order valence-electron chi connectivity index (χ1n) is 5.43. The number of hydrogen-bond acceptors (Lipinski definition) is 3. The van der Waals surface area contributed by atoms with Crippen molar-refractivity contribution in [1.29, 1.82) is 0 Å². The molecule has 1 aromatic carbocycles. The highest BCUT2D eigenvalue weighted by Crippen LogP contribution is 2.19. The third kappa shape index (κ3) is 2.55.